The van der Waals surface area contributed by atoms with E-state index in [1.165, 1.54) is 12.8 Å². The van der Waals surface area contributed by atoms with Crippen LogP contribution in [0, 0.1) is 0 Å². The third-order valence-corrected chi connectivity index (χ3v) is 5.70. The van der Waals surface area contributed by atoms with E-state index in [1.807, 2.05) is 42.5 Å². The molecule has 2 aliphatic heterocycles. The number of amides is 2. The Morgan fingerprint density at radius 3 is 2.52 bits per heavy atom. The number of urea groups is 1. The number of ether oxygens (including phenoxy) is 2. The molecule has 2 aromatic carbocycles. The summed E-state index contributed by atoms with van der Waals surface area (Å²) >= 11 is 0. The van der Waals surface area contributed by atoms with Gasteiger partial charge in [-0.3, -0.25) is 0 Å². The van der Waals surface area contributed by atoms with Crippen molar-refractivity contribution < 1.29 is 14.3 Å². The van der Waals surface area contributed by atoms with Crippen LogP contribution in [0.25, 0.3) is 0 Å². The van der Waals surface area contributed by atoms with Crippen molar-refractivity contribution in [2.45, 2.75) is 31.7 Å². The summed E-state index contributed by atoms with van der Waals surface area (Å²) in [6, 6.07) is 15.4. The van der Waals surface area contributed by atoms with Gasteiger partial charge in [0.2, 0.25) is 0 Å². The molecule has 0 aromatic heterocycles. The van der Waals surface area contributed by atoms with Crippen LogP contribution in [0.4, 0.5) is 10.5 Å². The average Bonchev–Trinajstić information content (AvgIpc) is 3.26. The van der Waals surface area contributed by atoms with Gasteiger partial charge in [0.25, 0.3) is 0 Å². The lowest BCUT2D eigenvalue weighted by molar-refractivity contribution is 0.171. The average molecular weight is 396 g/mol. The fourth-order valence-electron chi connectivity index (χ4n) is 4.00. The summed E-state index contributed by atoms with van der Waals surface area (Å²) < 4.78 is 11.4. The normalized spacial score (nSPS) is 18.1. The van der Waals surface area contributed by atoms with Crippen molar-refractivity contribution in [3.05, 3.63) is 54.1 Å². The van der Waals surface area contributed by atoms with Crippen LogP contribution >= 0.6 is 0 Å². The van der Waals surface area contributed by atoms with Crippen molar-refractivity contribution in [1.82, 2.24) is 10.2 Å². The molecule has 2 aliphatic rings. The Morgan fingerprint density at radius 2 is 1.76 bits per heavy atom. The molecule has 0 bridgehead atoms. The van der Waals surface area contributed by atoms with E-state index in [4.69, 9.17) is 9.47 Å². The van der Waals surface area contributed by atoms with Crippen molar-refractivity contribution in [2.75, 3.05) is 38.2 Å². The van der Waals surface area contributed by atoms with Crippen LogP contribution < -0.4 is 20.1 Å². The number of benzene rings is 2. The Hall–Kier alpha value is -2.73. The highest BCUT2D eigenvalue weighted by Gasteiger charge is 2.26. The number of para-hydroxylation sites is 1. The van der Waals surface area contributed by atoms with Gasteiger partial charge >= 0.3 is 6.03 Å². The second-order valence-electron chi connectivity index (χ2n) is 7.77. The molecule has 1 fully saturated rings. The van der Waals surface area contributed by atoms with Crippen LogP contribution in [0.2, 0.25) is 0 Å². The number of nitrogens with zero attached hydrogens (tertiary/aromatic N) is 1. The van der Waals surface area contributed by atoms with Gasteiger partial charge in [-0.1, -0.05) is 31.2 Å². The minimum atomic E-state index is -0.176. The van der Waals surface area contributed by atoms with E-state index in [2.05, 4.69) is 28.5 Å². The first-order valence-electron chi connectivity index (χ1n) is 10.4. The van der Waals surface area contributed by atoms with Gasteiger partial charge in [-0.2, -0.15) is 0 Å². The van der Waals surface area contributed by atoms with Crippen molar-refractivity contribution in [1.29, 1.82) is 0 Å². The van der Waals surface area contributed by atoms with E-state index < -0.39 is 0 Å². The van der Waals surface area contributed by atoms with Gasteiger partial charge < -0.3 is 25.0 Å². The summed E-state index contributed by atoms with van der Waals surface area (Å²) in [5.41, 5.74) is 1.93. The molecular weight excluding hydrogens is 366 g/mol. The van der Waals surface area contributed by atoms with Gasteiger partial charge in [0.1, 0.15) is 13.2 Å². The molecule has 6 heteroatoms. The molecule has 154 valence electrons. The summed E-state index contributed by atoms with van der Waals surface area (Å²) in [6.45, 7) is 6.33. The Morgan fingerprint density at radius 1 is 1.03 bits per heavy atom. The summed E-state index contributed by atoms with van der Waals surface area (Å²) in [5, 5.41) is 6.15. The van der Waals surface area contributed by atoms with Crippen LogP contribution in [-0.2, 0) is 0 Å². The lowest BCUT2D eigenvalue weighted by Crippen LogP contribution is -2.47. The summed E-state index contributed by atoms with van der Waals surface area (Å²) in [6.07, 6.45) is 2.45. The predicted octanol–water partition coefficient (Wildman–Crippen LogP) is 3.85. The minimum absolute atomic E-state index is 0.0145. The molecule has 0 aliphatic carbocycles. The molecule has 2 atom stereocenters. The van der Waals surface area contributed by atoms with Gasteiger partial charge in [-0.15, -0.1) is 0 Å². The number of carbonyl (C=O) groups excluding carboxylic acids is 1. The second-order valence-corrected chi connectivity index (χ2v) is 7.77. The van der Waals surface area contributed by atoms with E-state index >= 15 is 0 Å². The first-order valence-corrected chi connectivity index (χ1v) is 10.4. The first kappa shape index (κ1) is 19.6. The van der Waals surface area contributed by atoms with Gasteiger partial charge in [-0.05, 0) is 55.8 Å². The lowest BCUT2D eigenvalue weighted by Gasteiger charge is -2.30. The van der Waals surface area contributed by atoms with E-state index in [-0.39, 0.29) is 18.0 Å². The Bertz CT molecular complexity index is 821. The van der Waals surface area contributed by atoms with E-state index in [0.717, 1.165) is 42.4 Å². The van der Waals surface area contributed by atoms with Crippen LogP contribution in [-0.4, -0.2) is 49.8 Å². The third kappa shape index (κ3) is 5.01. The predicted molar refractivity (Wildman–Crippen MR) is 114 cm³/mol. The maximum atomic E-state index is 12.7. The zero-order chi connectivity index (χ0) is 20.1. The fraction of sp³-hybridized carbons (Fsp3) is 0.435. The van der Waals surface area contributed by atoms with Crippen LogP contribution in [0.1, 0.15) is 31.2 Å². The zero-order valence-electron chi connectivity index (χ0n) is 16.9. The molecule has 0 spiro atoms. The molecule has 4 rings (SSSR count). The summed E-state index contributed by atoms with van der Waals surface area (Å²) in [5.74, 6) is 1.71. The Labute approximate surface area is 172 Å². The Balaban J connectivity index is 1.48. The molecule has 2 amide bonds. The number of carbonyl (C=O) groups is 1. The number of likely N-dealkylation sites (tertiary alicyclic amines) is 1. The van der Waals surface area contributed by atoms with E-state index in [9.17, 15) is 4.79 Å². The van der Waals surface area contributed by atoms with Crippen molar-refractivity contribution in [2.24, 2.45) is 0 Å². The molecule has 6 nitrogen and oxygen atoms in total. The maximum absolute atomic E-state index is 12.7. The molecule has 2 heterocycles. The van der Waals surface area contributed by atoms with Crippen LogP contribution in [0.5, 0.6) is 11.5 Å². The lowest BCUT2D eigenvalue weighted by atomic mass is 9.92. The molecule has 0 radical (unpaired) electrons. The number of hydrogen-bond acceptors (Lipinski definition) is 4. The molecule has 2 unspecified atom stereocenters. The van der Waals surface area contributed by atoms with Crippen LogP contribution in [0.15, 0.2) is 48.5 Å². The fourth-order valence-corrected chi connectivity index (χ4v) is 4.00. The largest absolute Gasteiger partial charge is 0.486 e. The van der Waals surface area contributed by atoms with Gasteiger partial charge in [-0.25, -0.2) is 4.79 Å². The molecule has 2 aromatic rings. The van der Waals surface area contributed by atoms with Gasteiger partial charge in [0.15, 0.2) is 11.5 Å². The minimum Gasteiger partial charge on any atom is -0.486 e. The number of fused-ring (bicyclic) bond motifs is 1. The zero-order valence-corrected chi connectivity index (χ0v) is 16.9. The van der Waals surface area contributed by atoms with Gasteiger partial charge in [0, 0.05) is 24.2 Å². The second kappa shape index (κ2) is 9.18. The highest BCUT2D eigenvalue weighted by atomic mass is 16.6. The number of anilines is 1. The van der Waals surface area contributed by atoms with Crippen molar-refractivity contribution in [3.63, 3.8) is 0 Å². The highest BCUT2D eigenvalue weighted by Crippen LogP contribution is 2.34. The summed E-state index contributed by atoms with van der Waals surface area (Å²) in [7, 11) is 0. The highest BCUT2D eigenvalue weighted by molar-refractivity contribution is 5.89. The molecule has 29 heavy (non-hydrogen) atoms. The number of nitrogens with one attached hydrogen (secondary N) is 2. The molecule has 1 saturated heterocycles. The SMILES string of the molecule is CC(c1ccc2c(c1)OCCO2)C(CN1CCCC1)NC(=O)Nc1ccccc1. The third-order valence-electron chi connectivity index (χ3n) is 5.70. The first-order chi connectivity index (χ1) is 14.2. The van der Waals surface area contributed by atoms with E-state index in [0.29, 0.717) is 13.2 Å². The summed E-state index contributed by atoms with van der Waals surface area (Å²) in [4.78, 5) is 15.1. The van der Waals surface area contributed by atoms with Gasteiger partial charge in [0.05, 0.1) is 0 Å². The monoisotopic (exact) mass is 395 g/mol. The molecule has 2 N–H and O–H groups in total. The number of hydrogen-bond donors (Lipinski definition) is 2. The Kier molecular flexibility index (Phi) is 6.20. The molecule has 0 saturated carbocycles. The molecular formula is C23H29N3O3. The van der Waals surface area contributed by atoms with E-state index in [1.54, 1.807) is 0 Å². The quantitative estimate of drug-likeness (QED) is 0.780. The van der Waals surface area contributed by atoms with Crippen LogP contribution in [0.3, 0.4) is 0 Å². The number of rotatable bonds is 6. The maximum Gasteiger partial charge on any atom is 0.319 e. The topological polar surface area (TPSA) is 62.8 Å². The van der Waals surface area contributed by atoms with Crippen molar-refractivity contribution >= 4 is 11.7 Å². The standard InChI is InChI=1S/C23H29N3O3/c1-17(18-9-10-21-22(15-18)29-14-13-28-21)20(16-26-11-5-6-12-26)25-23(27)24-19-7-3-2-4-8-19/h2-4,7-10,15,17,20H,5-6,11-14,16H2,1H3,(H2,24,25,27). The smallest absolute Gasteiger partial charge is 0.319 e. The van der Waals surface area contributed by atoms with Crippen molar-refractivity contribution in [3.8, 4) is 11.5 Å².